The summed E-state index contributed by atoms with van der Waals surface area (Å²) in [5.74, 6) is 0.524. The fourth-order valence-electron chi connectivity index (χ4n) is 4.65. The molecule has 4 nitrogen and oxygen atoms in total. The SMILES string of the molecule is CC(C)c1ccc(-c2ccnc(-c3[c-]ccc4c3oc3ncccc34)c2)cc1.[Ir].[c-]1ccccc1-c1ccccn1. The maximum atomic E-state index is 6.04. The topological polar surface area (TPSA) is 51.8 Å². The normalized spacial score (nSPS) is 10.7. The van der Waals surface area contributed by atoms with E-state index in [0.717, 1.165) is 44.4 Å². The Bertz CT molecular complexity index is 1830. The first-order valence-electron chi connectivity index (χ1n) is 13.3. The van der Waals surface area contributed by atoms with Crippen LogP contribution in [0.3, 0.4) is 0 Å². The Kier molecular flexibility index (Phi) is 8.79. The molecule has 3 aromatic carbocycles. The molecule has 7 aromatic rings. The van der Waals surface area contributed by atoms with Crippen LogP contribution in [0.2, 0.25) is 0 Å². The van der Waals surface area contributed by atoms with E-state index in [1.807, 2.05) is 79.0 Å². The van der Waals surface area contributed by atoms with Gasteiger partial charge in [-0.1, -0.05) is 67.3 Å². The van der Waals surface area contributed by atoms with Gasteiger partial charge in [-0.2, -0.15) is 0 Å². The van der Waals surface area contributed by atoms with Gasteiger partial charge in [-0.05, 0) is 58.3 Å². The first-order chi connectivity index (χ1) is 19.7. The Hall–Kier alpha value is -4.44. The Labute approximate surface area is 253 Å². The van der Waals surface area contributed by atoms with Gasteiger partial charge in [-0.15, -0.1) is 54.1 Å². The summed E-state index contributed by atoms with van der Waals surface area (Å²) in [7, 11) is 0. The van der Waals surface area contributed by atoms with Crippen LogP contribution in [-0.2, 0) is 20.1 Å². The predicted molar refractivity (Wildman–Crippen MR) is 162 cm³/mol. The molecule has 0 amide bonds. The van der Waals surface area contributed by atoms with Gasteiger partial charge in [-0.25, -0.2) is 4.98 Å². The number of rotatable bonds is 4. The molecule has 5 heteroatoms. The van der Waals surface area contributed by atoms with Crippen LogP contribution in [0, 0.1) is 12.1 Å². The molecule has 0 aliphatic heterocycles. The number of benzene rings is 3. The van der Waals surface area contributed by atoms with Crippen molar-refractivity contribution in [3.05, 3.63) is 139 Å². The molecule has 0 aliphatic rings. The summed E-state index contributed by atoms with van der Waals surface area (Å²) in [6.45, 7) is 4.41. The number of fused-ring (bicyclic) bond motifs is 3. The van der Waals surface area contributed by atoms with E-state index in [-0.39, 0.29) is 20.1 Å². The molecule has 4 heterocycles. The van der Waals surface area contributed by atoms with Crippen molar-refractivity contribution in [2.45, 2.75) is 19.8 Å². The zero-order chi connectivity index (χ0) is 27.3. The van der Waals surface area contributed by atoms with Gasteiger partial charge < -0.3 is 14.4 Å². The first kappa shape index (κ1) is 28.1. The van der Waals surface area contributed by atoms with Gasteiger partial charge in [0.25, 0.3) is 0 Å². The molecule has 4 aromatic heterocycles. The van der Waals surface area contributed by atoms with E-state index in [4.69, 9.17) is 4.42 Å². The predicted octanol–water partition coefficient (Wildman–Crippen LogP) is 9.18. The molecular weight excluding hydrogens is 683 g/mol. The van der Waals surface area contributed by atoms with Crippen molar-refractivity contribution in [3.8, 4) is 33.6 Å². The standard InChI is InChI=1S/C25H19N2O.C11H8N.Ir/c1-16(2)17-8-10-18(11-9-17)19-12-14-26-23(15-19)22-6-3-5-20-21-7-4-13-27-25(21)28-24(20)22;1-2-6-10(7-3-1)11-8-4-5-9-12-11;/h3-5,7-16H,1-2H3;1-6,8-9H;/q2*-1;. The minimum Gasteiger partial charge on any atom is -0.486 e. The van der Waals surface area contributed by atoms with Crippen LogP contribution in [0.5, 0.6) is 0 Å². The molecule has 0 saturated carbocycles. The third-order valence-electron chi connectivity index (χ3n) is 6.79. The van der Waals surface area contributed by atoms with Crippen molar-refractivity contribution in [1.29, 1.82) is 0 Å². The van der Waals surface area contributed by atoms with E-state index < -0.39 is 0 Å². The smallest absolute Gasteiger partial charge is 0.216 e. The summed E-state index contributed by atoms with van der Waals surface area (Å²) >= 11 is 0. The molecule has 1 radical (unpaired) electrons. The zero-order valence-corrected chi connectivity index (χ0v) is 25.1. The molecule has 0 atom stereocenters. The molecular formula is C36H27IrN3O-2. The minimum atomic E-state index is 0. The summed E-state index contributed by atoms with van der Waals surface area (Å²) in [4.78, 5) is 13.1. The van der Waals surface area contributed by atoms with Crippen molar-refractivity contribution in [1.82, 2.24) is 15.0 Å². The van der Waals surface area contributed by atoms with Gasteiger partial charge in [0.2, 0.25) is 5.71 Å². The molecule has 41 heavy (non-hydrogen) atoms. The summed E-state index contributed by atoms with van der Waals surface area (Å²) in [6.07, 6.45) is 5.37. The minimum absolute atomic E-state index is 0. The average molecular weight is 710 g/mol. The summed E-state index contributed by atoms with van der Waals surface area (Å²) < 4.78 is 6.04. The van der Waals surface area contributed by atoms with Crippen LogP contribution in [0.4, 0.5) is 0 Å². The molecule has 7 rings (SSSR count). The second kappa shape index (κ2) is 12.8. The molecule has 0 unspecified atom stereocenters. The summed E-state index contributed by atoms with van der Waals surface area (Å²) in [5, 5.41) is 2.04. The van der Waals surface area contributed by atoms with Gasteiger partial charge >= 0.3 is 0 Å². The van der Waals surface area contributed by atoms with Crippen molar-refractivity contribution >= 4 is 22.1 Å². The molecule has 0 fully saturated rings. The third kappa shape index (κ3) is 6.17. The second-order valence-corrected chi connectivity index (χ2v) is 9.75. The van der Waals surface area contributed by atoms with Gasteiger partial charge in [0.15, 0.2) is 0 Å². The van der Waals surface area contributed by atoms with Gasteiger partial charge in [0, 0.05) is 44.1 Å². The molecule has 203 valence electrons. The maximum absolute atomic E-state index is 6.04. The van der Waals surface area contributed by atoms with Crippen LogP contribution < -0.4 is 0 Å². The number of hydrogen-bond acceptors (Lipinski definition) is 4. The van der Waals surface area contributed by atoms with Crippen molar-refractivity contribution < 1.29 is 24.5 Å². The van der Waals surface area contributed by atoms with E-state index in [0.29, 0.717) is 11.6 Å². The van der Waals surface area contributed by atoms with Gasteiger partial charge in [-0.3, -0.25) is 0 Å². The monoisotopic (exact) mass is 710 g/mol. The maximum Gasteiger partial charge on any atom is 0.216 e. The molecule has 0 bridgehead atoms. The molecule has 0 spiro atoms. The second-order valence-electron chi connectivity index (χ2n) is 9.75. The number of hydrogen-bond donors (Lipinski definition) is 0. The van der Waals surface area contributed by atoms with E-state index in [1.54, 1.807) is 12.4 Å². The van der Waals surface area contributed by atoms with Crippen LogP contribution in [0.15, 0.2) is 126 Å². The van der Waals surface area contributed by atoms with E-state index in [2.05, 4.69) is 71.3 Å². The Morgan fingerprint density at radius 3 is 2.20 bits per heavy atom. The first-order valence-corrected chi connectivity index (χ1v) is 13.3. The quantitative estimate of drug-likeness (QED) is 0.171. The Morgan fingerprint density at radius 1 is 0.634 bits per heavy atom. The van der Waals surface area contributed by atoms with E-state index in [9.17, 15) is 0 Å². The third-order valence-corrected chi connectivity index (χ3v) is 6.79. The van der Waals surface area contributed by atoms with Crippen molar-refractivity contribution in [3.63, 3.8) is 0 Å². The van der Waals surface area contributed by atoms with Crippen molar-refractivity contribution in [2.24, 2.45) is 0 Å². The van der Waals surface area contributed by atoms with Crippen LogP contribution in [-0.4, -0.2) is 15.0 Å². The fraction of sp³-hybridized carbons (Fsp3) is 0.0833. The molecule has 0 N–H and O–H groups in total. The summed E-state index contributed by atoms with van der Waals surface area (Å²) in [5.41, 5.74) is 8.76. The van der Waals surface area contributed by atoms with Crippen LogP contribution in [0.1, 0.15) is 25.3 Å². The van der Waals surface area contributed by atoms with E-state index in [1.165, 1.54) is 11.1 Å². The van der Waals surface area contributed by atoms with E-state index >= 15 is 0 Å². The largest absolute Gasteiger partial charge is 0.486 e. The van der Waals surface area contributed by atoms with Gasteiger partial charge in [0.1, 0.15) is 0 Å². The van der Waals surface area contributed by atoms with Gasteiger partial charge in [0.05, 0.1) is 5.58 Å². The van der Waals surface area contributed by atoms with Crippen LogP contribution >= 0.6 is 0 Å². The number of furan rings is 1. The number of pyridine rings is 3. The Balaban J connectivity index is 0.000000218. The fourth-order valence-corrected chi connectivity index (χ4v) is 4.65. The summed E-state index contributed by atoms with van der Waals surface area (Å²) in [6, 6.07) is 40.9. The van der Waals surface area contributed by atoms with Crippen molar-refractivity contribution in [2.75, 3.05) is 0 Å². The zero-order valence-electron chi connectivity index (χ0n) is 22.7. The average Bonchev–Trinajstić information content (AvgIpc) is 3.41. The molecule has 0 saturated heterocycles. The van der Waals surface area contributed by atoms with Crippen LogP contribution in [0.25, 0.3) is 55.7 Å². The Morgan fingerprint density at radius 2 is 1.44 bits per heavy atom. The molecule has 0 aliphatic carbocycles. The number of aromatic nitrogens is 3. The number of nitrogens with zero attached hydrogens (tertiary/aromatic N) is 3.